The largest absolute Gasteiger partial charge is 0.491 e. The van der Waals surface area contributed by atoms with Crippen molar-refractivity contribution < 1.29 is 14.3 Å². The zero-order chi connectivity index (χ0) is 22.6. The van der Waals surface area contributed by atoms with E-state index in [9.17, 15) is 4.79 Å². The van der Waals surface area contributed by atoms with Crippen LogP contribution in [0.2, 0.25) is 5.02 Å². The molecule has 0 saturated carbocycles. The first-order valence-electron chi connectivity index (χ1n) is 10.7. The number of imidazole rings is 1. The number of H-pyrrole nitrogens is 2. The van der Waals surface area contributed by atoms with Crippen LogP contribution in [0, 0.1) is 0 Å². The van der Waals surface area contributed by atoms with Crippen molar-refractivity contribution in [2.45, 2.75) is 0 Å². The van der Waals surface area contributed by atoms with Crippen molar-refractivity contribution in [3.8, 4) is 17.3 Å². The van der Waals surface area contributed by atoms with Crippen LogP contribution in [0.3, 0.4) is 0 Å². The van der Waals surface area contributed by atoms with Gasteiger partial charge < -0.3 is 19.8 Å². The van der Waals surface area contributed by atoms with E-state index in [1.165, 1.54) is 0 Å². The summed E-state index contributed by atoms with van der Waals surface area (Å²) in [5.41, 5.74) is 2.86. The second-order valence-electron chi connectivity index (χ2n) is 7.67. The fourth-order valence-electron chi connectivity index (χ4n) is 3.64. The Morgan fingerprint density at radius 1 is 1.18 bits per heavy atom. The lowest BCUT2D eigenvalue weighted by Gasteiger charge is -2.26. The Kier molecular flexibility index (Phi) is 6.25. The first-order chi connectivity index (χ1) is 16.2. The van der Waals surface area contributed by atoms with Crippen molar-refractivity contribution in [2.24, 2.45) is 0 Å². The molecule has 1 amide bonds. The van der Waals surface area contributed by atoms with Gasteiger partial charge in [-0.25, -0.2) is 4.98 Å². The van der Waals surface area contributed by atoms with Crippen LogP contribution in [-0.4, -0.2) is 70.4 Å². The lowest BCUT2D eigenvalue weighted by Crippen LogP contribution is -2.38. The summed E-state index contributed by atoms with van der Waals surface area (Å²) in [7, 11) is 0. The molecule has 0 spiro atoms. The van der Waals surface area contributed by atoms with Crippen LogP contribution in [-0.2, 0) is 4.74 Å². The number of fused-ring (bicyclic) bond motifs is 1. The summed E-state index contributed by atoms with van der Waals surface area (Å²) in [5.74, 6) is 1.26. The number of halogens is 1. The van der Waals surface area contributed by atoms with Crippen LogP contribution < -0.4 is 10.1 Å². The van der Waals surface area contributed by atoms with E-state index >= 15 is 0 Å². The topological polar surface area (TPSA) is 108 Å². The van der Waals surface area contributed by atoms with Gasteiger partial charge in [0.25, 0.3) is 5.91 Å². The van der Waals surface area contributed by atoms with E-state index in [1.54, 1.807) is 24.3 Å². The number of morpholine rings is 1. The predicted octanol–water partition coefficient (Wildman–Crippen LogP) is 3.57. The molecule has 1 saturated heterocycles. The third-order valence-corrected chi connectivity index (χ3v) is 5.72. The number of hydrogen-bond acceptors (Lipinski definition) is 6. The molecule has 4 aromatic rings. The van der Waals surface area contributed by atoms with Gasteiger partial charge in [0.1, 0.15) is 18.1 Å². The number of anilines is 1. The maximum absolute atomic E-state index is 12.7. The van der Waals surface area contributed by atoms with Gasteiger partial charge in [-0.05, 0) is 30.3 Å². The highest BCUT2D eigenvalue weighted by molar-refractivity contribution is 6.32. The van der Waals surface area contributed by atoms with Gasteiger partial charge in [-0.15, -0.1) is 0 Å². The van der Waals surface area contributed by atoms with E-state index in [1.807, 2.05) is 24.3 Å². The van der Waals surface area contributed by atoms with Gasteiger partial charge in [-0.1, -0.05) is 23.7 Å². The molecule has 0 radical (unpaired) electrons. The van der Waals surface area contributed by atoms with E-state index in [-0.39, 0.29) is 5.91 Å². The molecule has 10 heteroatoms. The van der Waals surface area contributed by atoms with E-state index in [2.05, 4.69) is 30.4 Å². The van der Waals surface area contributed by atoms with E-state index in [4.69, 9.17) is 21.1 Å². The van der Waals surface area contributed by atoms with E-state index < -0.39 is 0 Å². The van der Waals surface area contributed by atoms with Gasteiger partial charge in [-0.3, -0.25) is 14.8 Å². The summed E-state index contributed by atoms with van der Waals surface area (Å²) in [6, 6.07) is 14.4. The van der Waals surface area contributed by atoms with Crippen LogP contribution in [0.4, 0.5) is 5.82 Å². The fourth-order valence-corrected chi connectivity index (χ4v) is 3.88. The Morgan fingerprint density at radius 2 is 2.03 bits per heavy atom. The minimum absolute atomic E-state index is 0.320. The van der Waals surface area contributed by atoms with Crippen molar-refractivity contribution in [1.82, 2.24) is 25.1 Å². The summed E-state index contributed by atoms with van der Waals surface area (Å²) >= 11 is 6.35. The lowest BCUT2D eigenvalue weighted by atomic mass is 10.2. The Hall–Kier alpha value is -3.40. The van der Waals surface area contributed by atoms with Crippen LogP contribution in [0.25, 0.3) is 22.6 Å². The molecule has 3 N–H and O–H groups in total. The molecule has 170 valence electrons. The van der Waals surface area contributed by atoms with Crippen molar-refractivity contribution in [3.63, 3.8) is 0 Å². The SMILES string of the molecule is O=C(Nc1cc(-c2nc3ccccc3[nH]2)[nH]n1)c1ccc(OCCN2CCOCC2)c(Cl)c1. The fraction of sp³-hybridized carbons (Fsp3) is 0.261. The molecule has 1 aliphatic rings. The maximum Gasteiger partial charge on any atom is 0.256 e. The minimum Gasteiger partial charge on any atom is -0.491 e. The average molecular weight is 467 g/mol. The molecule has 0 unspecified atom stereocenters. The number of carbonyl (C=O) groups is 1. The third kappa shape index (κ3) is 5.00. The molecule has 0 bridgehead atoms. The quantitative estimate of drug-likeness (QED) is 0.384. The highest BCUT2D eigenvalue weighted by atomic mass is 35.5. The summed E-state index contributed by atoms with van der Waals surface area (Å²) < 4.78 is 11.1. The molecule has 1 aliphatic heterocycles. The number of ether oxygens (including phenoxy) is 2. The number of aromatic nitrogens is 4. The van der Waals surface area contributed by atoms with Gasteiger partial charge in [0, 0.05) is 31.3 Å². The van der Waals surface area contributed by atoms with Crippen molar-refractivity contribution in [3.05, 3.63) is 59.1 Å². The van der Waals surface area contributed by atoms with Crippen LogP contribution in [0.5, 0.6) is 5.75 Å². The molecule has 3 heterocycles. The summed E-state index contributed by atoms with van der Waals surface area (Å²) in [5, 5.41) is 10.2. The maximum atomic E-state index is 12.7. The van der Waals surface area contributed by atoms with Crippen LogP contribution >= 0.6 is 11.6 Å². The van der Waals surface area contributed by atoms with Gasteiger partial charge in [0.05, 0.1) is 29.3 Å². The van der Waals surface area contributed by atoms with Gasteiger partial charge >= 0.3 is 0 Å². The monoisotopic (exact) mass is 466 g/mol. The number of amides is 1. The molecule has 2 aromatic carbocycles. The first kappa shape index (κ1) is 21.4. The van der Waals surface area contributed by atoms with Gasteiger partial charge in [0.15, 0.2) is 11.6 Å². The molecular formula is C23H23ClN6O3. The molecule has 33 heavy (non-hydrogen) atoms. The van der Waals surface area contributed by atoms with Crippen molar-refractivity contribution in [1.29, 1.82) is 0 Å². The molecule has 5 rings (SSSR count). The number of nitrogens with zero attached hydrogens (tertiary/aromatic N) is 3. The minimum atomic E-state index is -0.320. The predicted molar refractivity (Wildman–Crippen MR) is 126 cm³/mol. The Labute approximate surface area is 195 Å². The number of aromatic amines is 2. The number of rotatable bonds is 7. The molecule has 0 atom stereocenters. The van der Waals surface area contributed by atoms with E-state index in [0.29, 0.717) is 40.3 Å². The molecule has 0 aliphatic carbocycles. The average Bonchev–Trinajstić information content (AvgIpc) is 3.47. The zero-order valence-corrected chi connectivity index (χ0v) is 18.6. The molecule has 2 aromatic heterocycles. The lowest BCUT2D eigenvalue weighted by molar-refractivity contribution is 0.0322. The Bertz CT molecular complexity index is 1230. The summed E-state index contributed by atoms with van der Waals surface area (Å²) in [4.78, 5) is 22.7. The Balaban J connectivity index is 1.19. The van der Waals surface area contributed by atoms with Crippen molar-refractivity contribution in [2.75, 3.05) is 44.8 Å². The normalized spacial score (nSPS) is 14.5. The number of hydrogen-bond donors (Lipinski definition) is 3. The van der Waals surface area contributed by atoms with E-state index in [0.717, 1.165) is 43.9 Å². The molecule has 9 nitrogen and oxygen atoms in total. The molecule has 1 fully saturated rings. The van der Waals surface area contributed by atoms with Crippen LogP contribution in [0.15, 0.2) is 48.5 Å². The second-order valence-corrected chi connectivity index (χ2v) is 8.08. The third-order valence-electron chi connectivity index (χ3n) is 5.43. The Morgan fingerprint density at radius 3 is 2.85 bits per heavy atom. The molecular weight excluding hydrogens is 444 g/mol. The highest BCUT2D eigenvalue weighted by Gasteiger charge is 2.14. The number of carbonyl (C=O) groups excluding carboxylic acids is 1. The standard InChI is InChI=1S/C23H23ClN6O3/c24-16-13-15(5-6-20(16)33-12-9-30-7-10-32-11-8-30)23(31)27-21-14-19(28-29-21)22-25-17-3-1-2-4-18(17)26-22/h1-6,13-14H,7-12H2,(H,25,26)(H2,27,28,29,31). The number of benzene rings is 2. The highest BCUT2D eigenvalue weighted by Crippen LogP contribution is 2.26. The zero-order valence-electron chi connectivity index (χ0n) is 17.8. The van der Waals surface area contributed by atoms with Crippen molar-refractivity contribution >= 4 is 34.4 Å². The number of para-hydroxylation sites is 2. The van der Waals surface area contributed by atoms with Crippen LogP contribution in [0.1, 0.15) is 10.4 Å². The number of nitrogens with one attached hydrogen (secondary N) is 3. The smallest absolute Gasteiger partial charge is 0.256 e. The summed E-state index contributed by atoms with van der Waals surface area (Å²) in [6.07, 6.45) is 0. The second kappa shape index (κ2) is 9.62. The summed E-state index contributed by atoms with van der Waals surface area (Å²) in [6.45, 7) is 4.63. The van der Waals surface area contributed by atoms with Gasteiger partial charge in [-0.2, -0.15) is 5.10 Å². The van der Waals surface area contributed by atoms with Gasteiger partial charge in [0.2, 0.25) is 0 Å². The first-order valence-corrected chi connectivity index (χ1v) is 11.1.